The maximum Gasteiger partial charge on any atom is 0.248 e. The first-order valence-electron chi connectivity index (χ1n) is 10.9. The molecule has 0 saturated carbocycles. The van der Waals surface area contributed by atoms with Crippen LogP contribution in [0.5, 0.6) is 0 Å². The van der Waals surface area contributed by atoms with Gasteiger partial charge in [-0.05, 0) is 45.0 Å². The zero-order valence-corrected chi connectivity index (χ0v) is 19.7. The highest BCUT2D eigenvalue weighted by atomic mass is 35.5. The van der Waals surface area contributed by atoms with Crippen molar-refractivity contribution in [2.24, 2.45) is 0 Å². The van der Waals surface area contributed by atoms with Crippen LogP contribution in [0.3, 0.4) is 0 Å². The van der Waals surface area contributed by atoms with E-state index in [9.17, 15) is 4.79 Å². The molecular formula is C23H28ClN7O2. The second-order valence-corrected chi connectivity index (χ2v) is 8.65. The molecule has 4 rings (SSSR count). The fraction of sp³-hybridized carbons (Fsp3) is 0.391. The maximum absolute atomic E-state index is 11.6. The molecule has 1 saturated heterocycles. The number of nitrogens with zero attached hydrogens (tertiary/aromatic N) is 6. The molecule has 0 aliphatic carbocycles. The molecule has 3 heterocycles. The number of aliphatic hydroxyl groups is 1. The van der Waals surface area contributed by atoms with Gasteiger partial charge in [0, 0.05) is 43.6 Å². The molecule has 0 atom stereocenters. The van der Waals surface area contributed by atoms with E-state index in [4.69, 9.17) is 16.7 Å². The van der Waals surface area contributed by atoms with Crippen LogP contribution in [0.1, 0.15) is 25.7 Å². The van der Waals surface area contributed by atoms with Crippen molar-refractivity contribution in [3.63, 3.8) is 0 Å². The fourth-order valence-electron chi connectivity index (χ4n) is 4.09. The number of nitrogens with one attached hydrogen (secondary N) is 1. The number of amides is 1. The van der Waals surface area contributed by atoms with Crippen molar-refractivity contribution in [2.45, 2.75) is 26.8 Å². The molecule has 9 nitrogen and oxygen atoms in total. The number of rotatable bonds is 6. The summed E-state index contributed by atoms with van der Waals surface area (Å²) in [5, 5.41) is 12.7. The van der Waals surface area contributed by atoms with Crippen molar-refractivity contribution in [1.82, 2.24) is 24.4 Å². The molecule has 0 radical (unpaired) electrons. The van der Waals surface area contributed by atoms with Crippen LogP contribution in [0, 0.1) is 6.92 Å². The number of imidazole rings is 1. The zero-order chi connectivity index (χ0) is 23.5. The Hall–Kier alpha value is -3.17. The van der Waals surface area contributed by atoms with Crippen LogP contribution in [0.15, 0.2) is 36.7 Å². The third kappa shape index (κ3) is 4.94. The summed E-state index contributed by atoms with van der Waals surface area (Å²) >= 11 is 6.43. The predicted octanol–water partition coefficient (Wildman–Crippen LogP) is 3.27. The first kappa shape index (κ1) is 23.0. The topological polar surface area (TPSA) is 99.4 Å². The number of aromatic nitrogens is 4. The minimum atomic E-state index is -0.436. The Morgan fingerprint density at radius 3 is 2.45 bits per heavy atom. The zero-order valence-electron chi connectivity index (χ0n) is 19.0. The number of aryl methyl sites for hydroxylation is 1. The second-order valence-electron chi connectivity index (χ2n) is 8.24. The van der Waals surface area contributed by atoms with E-state index in [-0.39, 0.29) is 11.9 Å². The van der Waals surface area contributed by atoms with Crippen molar-refractivity contribution < 1.29 is 9.90 Å². The van der Waals surface area contributed by atoms with Gasteiger partial charge in [0.05, 0.1) is 23.1 Å². The van der Waals surface area contributed by atoms with Crippen molar-refractivity contribution in [1.29, 1.82) is 0 Å². The number of hydrogen-bond acceptors (Lipinski definition) is 7. The average molecular weight is 470 g/mol. The molecule has 1 aliphatic heterocycles. The number of carbonyl (C=O) groups is 1. The van der Waals surface area contributed by atoms with Crippen molar-refractivity contribution >= 4 is 34.8 Å². The minimum absolute atomic E-state index is 0.219. The number of carbonyl (C=O) groups excluding carboxylic acids is 1. The molecule has 0 spiro atoms. The second kappa shape index (κ2) is 9.76. The van der Waals surface area contributed by atoms with Crippen LogP contribution in [-0.2, 0) is 4.79 Å². The molecule has 1 aliphatic rings. The van der Waals surface area contributed by atoms with Crippen molar-refractivity contribution in [2.75, 3.05) is 43.0 Å². The molecule has 10 heteroatoms. The Bertz CT molecular complexity index is 1120. The first-order chi connectivity index (χ1) is 15.9. The number of hydrogen-bond donors (Lipinski definition) is 2. The number of aliphatic hydroxyl groups excluding tert-OH is 1. The van der Waals surface area contributed by atoms with Crippen LogP contribution in [0.4, 0.5) is 17.3 Å². The molecule has 0 bridgehead atoms. The Balaban J connectivity index is 1.47. The lowest BCUT2D eigenvalue weighted by molar-refractivity contribution is -0.134. The number of anilines is 3. The highest BCUT2D eigenvalue weighted by molar-refractivity contribution is 6.32. The summed E-state index contributed by atoms with van der Waals surface area (Å²) < 4.78 is 2.10. The van der Waals surface area contributed by atoms with Crippen LogP contribution < -0.4 is 10.2 Å². The summed E-state index contributed by atoms with van der Waals surface area (Å²) in [5.74, 6) is 1.14. The van der Waals surface area contributed by atoms with Crippen LogP contribution in [-0.4, -0.2) is 68.2 Å². The average Bonchev–Trinajstić information content (AvgIpc) is 3.22. The Morgan fingerprint density at radius 2 is 1.82 bits per heavy atom. The predicted molar refractivity (Wildman–Crippen MR) is 129 cm³/mol. The molecule has 33 heavy (non-hydrogen) atoms. The lowest BCUT2D eigenvalue weighted by Gasteiger charge is -2.35. The monoisotopic (exact) mass is 469 g/mol. The summed E-state index contributed by atoms with van der Waals surface area (Å²) in [6, 6.07) is 8.22. The first-order valence-corrected chi connectivity index (χ1v) is 11.3. The molecule has 0 unspecified atom stereocenters. The van der Waals surface area contributed by atoms with Gasteiger partial charge in [-0.2, -0.15) is 0 Å². The van der Waals surface area contributed by atoms with E-state index in [1.54, 1.807) is 17.3 Å². The van der Waals surface area contributed by atoms with Gasteiger partial charge in [-0.15, -0.1) is 0 Å². The molecule has 2 aromatic heterocycles. The lowest BCUT2D eigenvalue weighted by Crippen LogP contribution is -2.49. The van der Waals surface area contributed by atoms with Gasteiger partial charge in [-0.25, -0.2) is 15.0 Å². The number of piperazine rings is 1. The van der Waals surface area contributed by atoms with E-state index in [2.05, 4.69) is 43.6 Å². The van der Waals surface area contributed by atoms with Crippen LogP contribution in [0.25, 0.3) is 11.4 Å². The van der Waals surface area contributed by atoms with Gasteiger partial charge in [-0.3, -0.25) is 4.79 Å². The Labute approximate surface area is 198 Å². The van der Waals surface area contributed by atoms with Gasteiger partial charge in [0.25, 0.3) is 0 Å². The summed E-state index contributed by atoms with van der Waals surface area (Å²) in [5.41, 5.74) is 3.42. The van der Waals surface area contributed by atoms with Gasteiger partial charge < -0.3 is 24.8 Å². The molecule has 2 N–H and O–H groups in total. The van der Waals surface area contributed by atoms with E-state index >= 15 is 0 Å². The standard InChI is InChI=1S/C23H28ClN7O2/c1-15(2)31-16(3)25-13-20(31)22-19(24)12-26-23(28-22)27-17-4-6-18(7-5-17)29-8-10-30(11-9-29)21(33)14-32/h4-7,12-13,15,32H,8-11,14H2,1-3H3,(H,26,27,28). The highest BCUT2D eigenvalue weighted by Crippen LogP contribution is 2.30. The summed E-state index contributed by atoms with van der Waals surface area (Å²) in [4.78, 5) is 29.0. The van der Waals surface area contributed by atoms with E-state index < -0.39 is 6.61 Å². The molecule has 174 valence electrons. The molecule has 1 fully saturated rings. The summed E-state index contributed by atoms with van der Waals surface area (Å²) in [6.07, 6.45) is 3.39. The quantitative estimate of drug-likeness (QED) is 0.571. The Morgan fingerprint density at radius 1 is 1.12 bits per heavy atom. The van der Waals surface area contributed by atoms with E-state index in [0.717, 1.165) is 36.0 Å². The van der Waals surface area contributed by atoms with Gasteiger partial charge in [0.1, 0.15) is 18.1 Å². The van der Waals surface area contributed by atoms with Crippen LogP contribution in [0.2, 0.25) is 5.02 Å². The smallest absolute Gasteiger partial charge is 0.248 e. The molecule has 1 aromatic carbocycles. The highest BCUT2D eigenvalue weighted by Gasteiger charge is 2.21. The Kier molecular flexibility index (Phi) is 6.80. The third-order valence-electron chi connectivity index (χ3n) is 5.74. The normalized spacial score (nSPS) is 14.1. The SMILES string of the molecule is Cc1ncc(-c2nc(Nc3ccc(N4CCN(C(=O)CO)CC4)cc3)ncc2Cl)n1C(C)C. The molecular weight excluding hydrogens is 442 g/mol. The van der Waals surface area contributed by atoms with Gasteiger partial charge >= 0.3 is 0 Å². The maximum atomic E-state index is 11.6. The minimum Gasteiger partial charge on any atom is -0.387 e. The van der Waals surface area contributed by atoms with Gasteiger partial charge in [-0.1, -0.05) is 11.6 Å². The number of halogens is 1. The third-order valence-corrected chi connectivity index (χ3v) is 6.02. The molecule has 3 aromatic rings. The van der Waals surface area contributed by atoms with E-state index in [1.807, 2.05) is 31.2 Å². The van der Waals surface area contributed by atoms with E-state index in [1.165, 1.54) is 0 Å². The lowest BCUT2D eigenvalue weighted by atomic mass is 10.2. The van der Waals surface area contributed by atoms with Crippen LogP contribution >= 0.6 is 11.6 Å². The number of benzene rings is 1. The largest absolute Gasteiger partial charge is 0.387 e. The van der Waals surface area contributed by atoms with Gasteiger partial charge in [0.2, 0.25) is 11.9 Å². The van der Waals surface area contributed by atoms with E-state index in [0.29, 0.717) is 29.8 Å². The molecule has 1 amide bonds. The fourth-order valence-corrected chi connectivity index (χ4v) is 4.27. The summed E-state index contributed by atoms with van der Waals surface area (Å²) in [6.45, 7) is 8.38. The summed E-state index contributed by atoms with van der Waals surface area (Å²) in [7, 11) is 0. The van der Waals surface area contributed by atoms with Crippen molar-refractivity contribution in [3.8, 4) is 11.4 Å². The van der Waals surface area contributed by atoms with Crippen molar-refractivity contribution in [3.05, 3.63) is 47.5 Å². The van der Waals surface area contributed by atoms with Gasteiger partial charge in [0.15, 0.2) is 0 Å².